The van der Waals surface area contributed by atoms with E-state index in [0.717, 1.165) is 29.1 Å². The minimum absolute atomic E-state index is 0.850. The molecule has 0 aliphatic heterocycles. The molecule has 0 amide bonds. The Morgan fingerprint density at radius 3 is 1.93 bits per heavy atom. The molecule has 0 bridgehead atoms. The Labute approximate surface area is 89.5 Å². The van der Waals surface area contributed by atoms with Crippen molar-refractivity contribution in [3.05, 3.63) is 0 Å². The summed E-state index contributed by atoms with van der Waals surface area (Å²) in [5, 5.41) is 0. The molecule has 0 nitrogen and oxygen atoms in total. The van der Waals surface area contributed by atoms with Crippen molar-refractivity contribution in [3.63, 3.8) is 0 Å². The van der Waals surface area contributed by atoms with Crippen LogP contribution in [0.1, 0.15) is 59.8 Å². The van der Waals surface area contributed by atoms with Crippen LogP contribution in [0.2, 0.25) is 0 Å². The molecule has 0 radical (unpaired) electrons. The Hall–Kier alpha value is 0. The lowest BCUT2D eigenvalue weighted by Gasteiger charge is -2.60. The average Bonchev–Trinajstić information content (AvgIpc) is 1.98. The van der Waals surface area contributed by atoms with Crippen LogP contribution in [0, 0.1) is 29.1 Å². The molecule has 2 aliphatic rings. The highest BCUT2D eigenvalue weighted by Gasteiger charge is 2.53. The molecule has 14 heavy (non-hydrogen) atoms. The summed E-state index contributed by atoms with van der Waals surface area (Å²) in [5.74, 6) is 4.06. The van der Waals surface area contributed by atoms with E-state index in [2.05, 4.69) is 27.7 Å². The fourth-order valence-electron chi connectivity index (χ4n) is 3.65. The molecule has 0 aromatic rings. The van der Waals surface area contributed by atoms with E-state index in [1.807, 2.05) is 0 Å². The zero-order valence-electron chi connectivity index (χ0n) is 10.3. The van der Waals surface area contributed by atoms with E-state index < -0.39 is 0 Å². The summed E-state index contributed by atoms with van der Waals surface area (Å²) in [7, 11) is 0. The Morgan fingerprint density at radius 2 is 1.50 bits per heavy atom. The maximum absolute atomic E-state index is 2.44. The van der Waals surface area contributed by atoms with Gasteiger partial charge >= 0.3 is 0 Å². The fraction of sp³-hybridized carbons (Fsp3) is 1.00. The van der Waals surface area contributed by atoms with Crippen LogP contribution in [0.4, 0.5) is 0 Å². The van der Waals surface area contributed by atoms with Crippen molar-refractivity contribution >= 4 is 0 Å². The van der Waals surface area contributed by atoms with Crippen molar-refractivity contribution < 1.29 is 0 Å². The molecule has 1 unspecified atom stereocenters. The second-order valence-corrected chi connectivity index (χ2v) is 6.47. The third-order valence-electron chi connectivity index (χ3n) is 5.17. The van der Waals surface area contributed by atoms with Crippen molar-refractivity contribution in [1.29, 1.82) is 0 Å². The molecule has 2 fully saturated rings. The van der Waals surface area contributed by atoms with Gasteiger partial charge in [0.05, 0.1) is 0 Å². The fourth-order valence-corrected chi connectivity index (χ4v) is 3.65. The highest BCUT2D eigenvalue weighted by Crippen LogP contribution is 2.64. The van der Waals surface area contributed by atoms with Crippen molar-refractivity contribution in [2.24, 2.45) is 29.1 Å². The number of hydrogen-bond acceptors (Lipinski definition) is 0. The van der Waals surface area contributed by atoms with Crippen molar-refractivity contribution in [1.82, 2.24) is 0 Å². The maximum Gasteiger partial charge on any atom is -0.0287 e. The van der Waals surface area contributed by atoms with Gasteiger partial charge in [0.2, 0.25) is 0 Å². The Bertz CT molecular complexity index is 190. The lowest BCUT2D eigenvalue weighted by molar-refractivity contribution is -0.0980. The van der Waals surface area contributed by atoms with Gasteiger partial charge in [-0.2, -0.15) is 0 Å². The molecule has 0 N–H and O–H groups in total. The molecule has 1 spiro atoms. The van der Waals surface area contributed by atoms with Gasteiger partial charge in [-0.15, -0.1) is 0 Å². The predicted molar refractivity (Wildman–Crippen MR) is 62.2 cm³/mol. The van der Waals surface area contributed by atoms with Crippen molar-refractivity contribution in [3.8, 4) is 0 Å². The van der Waals surface area contributed by atoms with Crippen LogP contribution in [0.15, 0.2) is 0 Å². The third-order valence-corrected chi connectivity index (χ3v) is 5.17. The topological polar surface area (TPSA) is 0 Å². The van der Waals surface area contributed by atoms with E-state index in [9.17, 15) is 0 Å². The van der Waals surface area contributed by atoms with E-state index >= 15 is 0 Å². The average molecular weight is 194 g/mol. The molecule has 0 heterocycles. The number of hydrogen-bond donors (Lipinski definition) is 0. The summed E-state index contributed by atoms with van der Waals surface area (Å²) in [6, 6.07) is 0. The first-order chi connectivity index (χ1) is 6.56. The van der Waals surface area contributed by atoms with Crippen LogP contribution in [-0.2, 0) is 0 Å². The van der Waals surface area contributed by atoms with Crippen molar-refractivity contribution in [2.45, 2.75) is 59.8 Å². The van der Waals surface area contributed by atoms with E-state index in [1.54, 1.807) is 25.7 Å². The summed E-state index contributed by atoms with van der Waals surface area (Å²) >= 11 is 0. The molecule has 82 valence electrons. The first-order valence-corrected chi connectivity index (χ1v) is 6.56. The first-order valence-electron chi connectivity index (χ1n) is 6.56. The molecule has 0 aromatic carbocycles. The lowest BCUT2D eigenvalue weighted by Crippen LogP contribution is -2.50. The number of rotatable bonds is 3. The quantitative estimate of drug-likeness (QED) is 0.621. The Balaban J connectivity index is 1.74. The summed E-state index contributed by atoms with van der Waals surface area (Å²) in [6.07, 6.45) is 7.61. The van der Waals surface area contributed by atoms with Crippen LogP contribution < -0.4 is 0 Å². The summed E-state index contributed by atoms with van der Waals surface area (Å²) in [5.41, 5.74) is 0.850. The molecule has 2 rings (SSSR count). The molecule has 0 heteroatoms. The van der Waals surface area contributed by atoms with Gasteiger partial charge in [0.1, 0.15) is 0 Å². The van der Waals surface area contributed by atoms with E-state index in [1.165, 1.54) is 6.42 Å². The largest absolute Gasteiger partial charge is 0.0651 e. The van der Waals surface area contributed by atoms with Crippen LogP contribution in [0.3, 0.4) is 0 Å². The minimum atomic E-state index is 0.850. The van der Waals surface area contributed by atoms with Gasteiger partial charge in [-0.1, -0.05) is 34.1 Å². The molecule has 2 aliphatic carbocycles. The highest BCUT2D eigenvalue weighted by molar-refractivity contribution is 5.04. The molecule has 2 saturated carbocycles. The summed E-state index contributed by atoms with van der Waals surface area (Å²) in [4.78, 5) is 0. The zero-order valence-corrected chi connectivity index (χ0v) is 10.3. The Kier molecular flexibility index (Phi) is 2.66. The lowest BCUT2D eigenvalue weighted by atomic mass is 9.45. The second-order valence-electron chi connectivity index (χ2n) is 6.47. The van der Waals surface area contributed by atoms with E-state index in [-0.39, 0.29) is 0 Å². The molecular formula is C14H26. The van der Waals surface area contributed by atoms with Gasteiger partial charge in [-0.25, -0.2) is 0 Å². The van der Waals surface area contributed by atoms with Crippen LogP contribution in [0.5, 0.6) is 0 Å². The van der Waals surface area contributed by atoms with E-state index in [0.29, 0.717) is 0 Å². The molecule has 0 aromatic heterocycles. The zero-order chi connectivity index (χ0) is 10.3. The van der Waals surface area contributed by atoms with Crippen molar-refractivity contribution in [2.75, 3.05) is 0 Å². The molecule has 0 saturated heterocycles. The normalized spacial score (nSPS) is 43.5. The van der Waals surface area contributed by atoms with Gasteiger partial charge < -0.3 is 0 Å². The standard InChI is InChI=1S/C14H26/c1-5-11(4)13-8-14(9-13)6-12(7-14)10(2)3/h10-13H,5-9H2,1-4H3. The minimum Gasteiger partial charge on any atom is -0.0651 e. The second kappa shape index (κ2) is 3.54. The van der Waals surface area contributed by atoms with Gasteiger partial charge in [0.15, 0.2) is 0 Å². The smallest absolute Gasteiger partial charge is 0.0287 e. The SMILES string of the molecule is CCC(C)C1CC2(CC(C(C)C)C2)C1. The molecule has 1 atom stereocenters. The predicted octanol–water partition coefficient (Wildman–Crippen LogP) is 4.49. The van der Waals surface area contributed by atoms with Gasteiger partial charge in [0, 0.05) is 0 Å². The van der Waals surface area contributed by atoms with Gasteiger partial charge in [0.25, 0.3) is 0 Å². The van der Waals surface area contributed by atoms with Gasteiger partial charge in [-0.3, -0.25) is 0 Å². The third kappa shape index (κ3) is 1.61. The van der Waals surface area contributed by atoms with Crippen LogP contribution >= 0.6 is 0 Å². The Morgan fingerprint density at radius 1 is 1.00 bits per heavy atom. The van der Waals surface area contributed by atoms with Crippen LogP contribution in [0.25, 0.3) is 0 Å². The monoisotopic (exact) mass is 194 g/mol. The molecular weight excluding hydrogens is 168 g/mol. The maximum atomic E-state index is 2.44. The summed E-state index contributed by atoms with van der Waals surface area (Å²) < 4.78 is 0. The first kappa shape index (κ1) is 10.5. The van der Waals surface area contributed by atoms with E-state index in [4.69, 9.17) is 0 Å². The van der Waals surface area contributed by atoms with Crippen LogP contribution in [-0.4, -0.2) is 0 Å². The summed E-state index contributed by atoms with van der Waals surface area (Å²) in [6.45, 7) is 9.56. The van der Waals surface area contributed by atoms with Gasteiger partial charge in [-0.05, 0) is 54.8 Å². The highest BCUT2D eigenvalue weighted by atomic mass is 14.6.